The zero-order valence-corrected chi connectivity index (χ0v) is 13.2. The van der Waals surface area contributed by atoms with E-state index in [0.29, 0.717) is 10.5 Å². The Kier molecular flexibility index (Phi) is 5.11. The van der Waals surface area contributed by atoms with Crippen LogP contribution >= 0.6 is 23.5 Å². The van der Waals surface area contributed by atoms with Gasteiger partial charge in [0.1, 0.15) is 0 Å². The van der Waals surface area contributed by atoms with Crippen molar-refractivity contribution in [1.29, 1.82) is 0 Å². The van der Waals surface area contributed by atoms with Crippen LogP contribution in [0, 0.1) is 5.92 Å². The minimum absolute atomic E-state index is 0.167. The summed E-state index contributed by atoms with van der Waals surface area (Å²) in [6, 6.07) is 0. The monoisotopic (exact) mass is 289 g/mol. The van der Waals surface area contributed by atoms with Gasteiger partial charge in [0.25, 0.3) is 0 Å². The molecule has 2 aliphatic heterocycles. The van der Waals surface area contributed by atoms with Crippen LogP contribution in [0.15, 0.2) is 24.3 Å². The Morgan fingerprint density at radius 1 is 1.16 bits per heavy atom. The topological polar surface area (TPSA) is 12.5 Å². The third kappa shape index (κ3) is 3.15. The second-order valence-corrected chi connectivity index (χ2v) is 8.36. The maximum absolute atomic E-state index is 5.52. The molecule has 2 atom stereocenters. The first-order valence-corrected chi connectivity index (χ1v) is 9.32. The summed E-state index contributed by atoms with van der Waals surface area (Å²) >= 11 is 6.73. The molecule has 2 unspecified atom stereocenters. The summed E-state index contributed by atoms with van der Waals surface area (Å²) in [4.78, 5) is 2.62. The molecule has 5 heteroatoms. The van der Waals surface area contributed by atoms with Crippen molar-refractivity contribution in [2.45, 2.75) is 15.2 Å². The van der Waals surface area contributed by atoms with Gasteiger partial charge in [0.05, 0.1) is 0 Å². The molecule has 0 N–H and O–H groups in total. The van der Waals surface area contributed by atoms with Crippen LogP contribution in [0.2, 0.25) is 0 Å². The van der Waals surface area contributed by atoms with Gasteiger partial charge < -0.3 is 0 Å². The number of nitrogens with zero attached hydrogens (tertiary/aromatic N) is 1. The third-order valence-corrected chi connectivity index (χ3v) is 7.49. The predicted molar refractivity (Wildman–Crippen MR) is 86.0 cm³/mol. The number of rotatable bonds is 2. The van der Waals surface area contributed by atoms with E-state index in [9.17, 15) is 0 Å². The van der Waals surface area contributed by atoms with Crippen molar-refractivity contribution in [2.75, 3.05) is 37.8 Å². The molecule has 100 valence electrons. The molecule has 3 aliphatic rings. The molecule has 2 nitrogen and oxygen atoms in total. The van der Waals surface area contributed by atoms with Gasteiger partial charge >= 0.3 is 134 Å². The van der Waals surface area contributed by atoms with Crippen molar-refractivity contribution in [2.24, 2.45) is 5.92 Å². The molecular formula is C14H20LiNOS2. The molecule has 0 aromatic carbocycles. The average molecular weight is 289 g/mol. The molecule has 19 heavy (non-hydrogen) atoms. The van der Waals surface area contributed by atoms with E-state index in [4.69, 9.17) is 4.74 Å². The molecule has 2 saturated heterocycles. The van der Waals surface area contributed by atoms with Gasteiger partial charge in [-0.05, 0) is 0 Å². The van der Waals surface area contributed by atoms with E-state index in [0.717, 1.165) is 26.3 Å². The van der Waals surface area contributed by atoms with Crippen molar-refractivity contribution in [3.05, 3.63) is 24.3 Å². The van der Waals surface area contributed by atoms with Crippen LogP contribution in [-0.4, -0.2) is 69.2 Å². The van der Waals surface area contributed by atoms with E-state index >= 15 is 0 Å². The Balaban J connectivity index is 1.79. The molecule has 0 aromatic heterocycles. The molecule has 0 aromatic rings. The van der Waals surface area contributed by atoms with Gasteiger partial charge in [-0.15, -0.1) is 0 Å². The van der Waals surface area contributed by atoms with Crippen molar-refractivity contribution < 1.29 is 4.74 Å². The van der Waals surface area contributed by atoms with Crippen LogP contribution in [0.5, 0.6) is 0 Å². The van der Waals surface area contributed by atoms with Gasteiger partial charge in [-0.1, -0.05) is 0 Å². The van der Waals surface area contributed by atoms with Crippen LogP contribution < -0.4 is 0 Å². The maximum atomic E-state index is 5.52. The number of morpholine rings is 1. The normalized spacial score (nSPS) is 37.7. The molecular weight excluding hydrogens is 269 g/mol. The van der Waals surface area contributed by atoms with Crippen molar-refractivity contribution in [3.8, 4) is 0 Å². The standard InChI is InChI=1S/C14H20NOS2.Li/c1-2-5-13(15-6-8-16-9-7-15)12(4-1)14-17-10-3-11-18-14;/h1-2,4-5,12,14H,3,6-11H2;. The molecule has 0 saturated carbocycles. The van der Waals surface area contributed by atoms with E-state index in [1.54, 1.807) is 0 Å². The Morgan fingerprint density at radius 3 is 2.63 bits per heavy atom. The fourth-order valence-corrected chi connectivity index (χ4v) is 6.56. The first kappa shape index (κ1) is 14.6. The van der Waals surface area contributed by atoms with E-state index in [2.05, 4.69) is 70.4 Å². The molecule has 1 aliphatic carbocycles. The van der Waals surface area contributed by atoms with E-state index < -0.39 is 0 Å². The zero-order chi connectivity index (χ0) is 13.1. The molecule has 2 fully saturated rings. The first-order chi connectivity index (χ1) is 9.31. The number of hydrogen-bond acceptors (Lipinski definition) is 4. The van der Waals surface area contributed by atoms with Crippen LogP contribution in [0.25, 0.3) is 0 Å². The number of allylic oxidation sites excluding steroid dienone is 2. The minimum atomic E-state index is 0.167. The summed E-state index contributed by atoms with van der Waals surface area (Å²) in [5.74, 6) is 3.27. The summed E-state index contributed by atoms with van der Waals surface area (Å²) < 4.78 is 6.40. The van der Waals surface area contributed by atoms with Gasteiger partial charge in [-0.3, -0.25) is 0 Å². The fraction of sp³-hybridized carbons (Fsp3) is 0.714. The first-order valence-electron chi connectivity index (χ1n) is 7.23. The Labute approximate surface area is 134 Å². The SMILES string of the molecule is [Li][C]1(N2CCOCC2)C=CC=CC1C1SCCCS1. The van der Waals surface area contributed by atoms with Crippen molar-refractivity contribution >= 4 is 41.2 Å². The van der Waals surface area contributed by atoms with E-state index in [1.807, 2.05) is 0 Å². The summed E-state index contributed by atoms with van der Waals surface area (Å²) in [7, 11) is 0. The molecule has 2 heterocycles. The van der Waals surface area contributed by atoms with Gasteiger partial charge in [0.2, 0.25) is 0 Å². The Morgan fingerprint density at radius 2 is 1.89 bits per heavy atom. The van der Waals surface area contributed by atoms with Crippen LogP contribution in [0.1, 0.15) is 6.42 Å². The zero-order valence-electron chi connectivity index (χ0n) is 11.6. The van der Waals surface area contributed by atoms with Gasteiger partial charge in [-0.25, -0.2) is 0 Å². The Hall–Kier alpha value is 0.697. The van der Waals surface area contributed by atoms with Crippen LogP contribution in [0.4, 0.5) is 0 Å². The van der Waals surface area contributed by atoms with Crippen LogP contribution in [-0.2, 0) is 4.74 Å². The predicted octanol–water partition coefficient (Wildman–Crippen LogP) is 2.12. The van der Waals surface area contributed by atoms with Crippen LogP contribution in [0.3, 0.4) is 0 Å². The molecule has 0 bridgehead atoms. The summed E-state index contributed by atoms with van der Waals surface area (Å²) in [6.07, 6.45) is 10.7. The summed E-state index contributed by atoms with van der Waals surface area (Å²) in [5, 5.41) is 0. The Bertz CT molecular complexity index is 364. The second kappa shape index (κ2) is 6.64. The van der Waals surface area contributed by atoms with E-state index in [-0.39, 0.29) is 4.21 Å². The molecule has 0 amide bonds. The van der Waals surface area contributed by atoms with Gasteiger partial charge in [0, 0.05) is 0 Å². The van der Waals surface area contributed by atoms with Gasteiger partial charge in [0.15, 0.2) is 0 Å². The fourth-order valence-electron chi connectivity index (χ4n) is 3.18. The summed E-state index contributed by atoms with van der Waals surface area (Å²) in [6.45, 7) is 3.89. The number of ether oxygens (including phenoxy) is 1. The molecule has 0 spiro atoms. The van der Waals surface area contributed by atoms with E-state index in [1.165, 1.54) is 17.9 Å². The molecule has 0 radical (unpaired) electrons. The second-order valence-electron chi connectivity index (χ2n) is 5.56. The van der Waals surface area contributed by atoms with Gasteiger partial charge in [-0.2, -0.15) is 0 Å². The quantitative estimate of drug-likeness (QED) is 0.722. The van der Waals surface area contributed by atoms with Crippen molar-refractivity contribution in [1.82, 2.24) is 4.90 Å². The van der Waals surface area contributed by atoms with Crippen molar-refractivity contribution in [3.63, 3.8) is 0 Å². The average Bonchev–Trinajstić information content (AvgIpc) is 2.49. The third-order valence-electron chi connectivity index (χ3n) is 4.38. The number of hydrogen-bond donors (Lipinski definition) is 0. The molecule has 3 rings (SSSR count). The number of thioether (sulfide) groups is 2. The summed E-state index contributed by atoms with van der Waals surface area (Å²) in [5.41, 5.74) is 0.